The number of para-hydroxylation sites is 1. The Labute approximate surface area is 137 Å². The molecule has 1 atom stereocenters. The van der Waals surface area contributed by atoms with E-state index in [9.17, 15) is 0 Å². The lowest BCUT2D eigenvalue weighted by molar-refractivity contribution is 0.883. The van der Waals surface area contributed by atoms with E-state index < -0.39 is 0 Å². The molecule has 0 aliphatic rings. The highest BCUT2D eigenvalue weighted by Crippen LogP contribution is 2.28. The Hall–Kier alpha value is -1.13. The van der Waals surface area contributed by atoms with Crippen molar-refractivity contribution in [1.29, 1.82) is 0 Å². The average Bonchev–Trinajstić information content (AvgIpc) is 2.47. The van der Waals surface area contributed by atoms with Gasteiger partial charge in [-0.2, -0.15) is 0 Å². The zero-order valence-electron chi connectivity index (χ0n) is 10.8. The number of fused-ring (bicyclic) bond motifs is 1. The molecule has 0 amide bonds. The van der Waals surface area contributed by atoms with Crippen LogP contribution in [0.3, 0.4) is 0 Å². The topological polar surface area (TPSA) is 12.9 Å². The predicted octanol–water partition coefficient (Wildman–Crippen LogP) is 5.36. The minimum absolute atomic E-state index is 0.0447. The summed E-state index contributed by atoms with van der Waals surface area (Å²) in [5, 5.41) is 1.12. The van der Waals surface area contributed by atoms with Crippen LogP contribution in [-0.4, -0.2) is 4.98 Å². The number of pyridine rings is 1. The molecule has 2 aromatic carbocycles. The van der Waals surface area contributed by atoms with Crippen molar-refractivity contribution in [3.8, 4) is 0 Å². The number of alkyl halides is 1. The van der Waals surface area contributed by atoms with Gasteiger partial charge >= 0.3 is 0 Å². The Morgan fingerprint density at radius 2 is 1.70 bits per heavy atom. The first-order valence-corrected chi connectivity index (χ1v) is 7.99. The van der Waals surface area contributed by atoms with Crippen molar-refractivity contribution in [2.75, 3.05) is 0 Å². The van der Waals surface area contributed by atoms with E-state index in [4.69, 9.17) is 11.6 Å². The van der Waals surface area contributed by atoms with Gasteiger partial charge in [-0.05, 0) is 46.4 Å². The van der Waals surface area contributed by atoms with E-state index in [2.05, 4.69) is 57.9 Å². The van der Waals surface area contributed by atoms with Crippen LogP contribution in [0.5, 0.6) is 0 Å². The first-order chi connectivity index (χ1) is 9.74. The first-order valence-electron chi connectivity index (χ1n) is 6.47. The number of aromatic nitrogens is 1. The van der Waals surface area contributed by atoms with Crippen molar-refractivity contribution < 1.29 is 0 Å². The number of hydrogen-bond donors (Lipinski definition) is 0. The number of halogens is 2. The van der Waals surface area contributed by atoms with Gasteiger partial charge < -0.3 is 0 Å². The van der Waals surface area contributed by atoms with Gasteiger partial charge in [0.2, 0.25) is 0 Å². The second-order valence-electron chi connectivity index (χ2n) is 4.69. The molecule has 100 valence electrons. The summed E-state index contributed by atoms with van der Waals surface area (Å²) in [5.41, 5.74) is 3.23. The van der Waals surface area contributed by atoms with Gasteiger partial charge in [0, 0.05) is 21.1 Å². The molecule has 0 saturated heterocycles. The number of rotatable bonds is 3. The molecule has 1 aromatic heterocycles. The molecule has 3 rings (SSSR count). The van der Waals surface area contributed by atoms with Crippen molar-refractivity contribution in [3.63, 3.8) is 0 Å². The molecule has 3 heteroatoms. The third-order valence-electron chi connectivity index (χ3n) is 3.29. The zero-order chi connectivity index (χ0) is 13.9. The normalized spacial score (nSPS) is 12.5. The fraction of sp³-hybridized carbons (Fsp3) is 0.118. The van der Waals surface area contributed by atoms with Crippen molar-refractivity contribution in [3.05, 3.63) is 75.5 Å². The molecule has 1 heterocycles. The first kappa shape index (κ1) is 13.8. The molecule has 0 aliphatic carbocycles. The summed E-state index contributed by atoms with van der Waals surface area (Å²) < 4.78 is 1.20. The summed E-state index contributed by atoms with van der Waals surface area (Å²) in [5.74, 6) is 0. The zero-order valence-corrected chi connectivity index (χ0v) is 13.7. The van der Waals surface area contributed by atoms with Gasteiger partial charge in [0.15, 0.2) is 0 Å². The summed E-state index contributed by atoms with van der Waals surface area (Å²) >= 11 is 8.88. The minimum atomic E-state index is -0.0447. The SMILES string of the molecule is ClC(Cc1ccc2ccccc2n1)c1ccccc1I. The minimum Gasteiger partial charge on any atom is -0.253 e. The third kappa shape index (κ3) is 2.96. The van der Waals surface area contributed by atoms with E-state index >= 15 is 0 Å². The summed E-state index contributed by atoms with van der Waals surface area (Å²) in [7, 11) is 0. The molecule has 1 unspecified atom stereocenters. The Morgan fingerprint density at radius 3 is 2.55 bits per heavy atom. The van der Waals surface area contributed by atoms with Crippen molar-refractivity contribution in [2.24, 2.45) is 0 Å². The van der Waals surface area contributed by atoms with Crippen LogP contribution in [0, 0.1) is 3.57 Å². The smallest absolute Gasteiger partial charge is 0.0705 e. The Morgan fingerprint density at radius 1 is 0.950 bits per heavy atom. The molecule has 1 nitrogen and oxygen atoms in total. The second kappa shape index (κ2) is 6.10. The highest BCUT2D eigenvalue weighted by atomic mass is 127. The van der Waals surface area contributed by atoms with E-state index in [0.717, 1.165) is 23.0 Å². The standard InChI is InChI=1S/C17H13ClIN/c18-15(14-6-2-3-7-16(14)19)11-13-10-9-12-5-1-4-8-17(12)20-13/h1-10,15H,11H2. The van der Waals surface area contributed by atoms with Gasteiger partial charge in [0.1, 0.15) is 0 Å². The largest absolute Gasteiger partial charge is 0.253 e. The van der Waals surface area contributed by atoms with Gasteiger partial charge in [-0.1, -0.05) is 42.5 Å². The van der Waals surface area contributed by atoms with E-state index in [1.165, 1.54) is 9.13 Å². The summed E-state index contributed by atoms with van der Waals surface area (Å²) in [6.45, 7) is 0. The maximum Gasteiger partial charge on any atom is 0.0705 e. The Bertz CT molecular complexity index is 742. The summed E-state index contributed by atoms with van der Waals surface area (Å²) in [4.78, 5) is 4.68. The highest BCUT2D eigenvalue weighted by Gasteiger charge is 2.12. The number of benzene rings is 2. The molecule has 0 radical (unpaired) electrons. The van der Waals surface area contributed by atoms with E-state index in [1.54, 1.807) is 0 Å². The molecular formula is C17H13ClIN. The van der Waals surface area contributed by atoms with Crippen LogP contribution in [0.15, 0.2) is 60.7 Å². The lowest BCUT2D eigenvalue weighted by Crippen LogP contribution is -2.00. The van der Waals surface area contributed by atoms with Gasteiger partial charge in [0.05, 0.1) is 10.9 Å². The van der Waals surface area contributed by atoms with Gasteiger partial charge in [0.25, 0.3) is 0 Å². The fourth-order valence-electron chi connectivity index (χ4n) is 2.24. The summed E-state index contributed by atoms with van der Waals surface area (Å²) in [6.07, 6.45) is 0.742. The Kier molecular flexibility index (Phi) is 4.22. The lowest BCUT2D eigenvalue weighted by atomic mass is 10.1. The highest BCUT2D eigenvalue weighted by molar-refractivity contribution is 14.1. The second-order valence-corrected chi connectivity index (χ2v) is 6.38. The van der Waals surface area contributed by atoms with Crippen LogP contribution in [0.4, 0.5) is 0 Å². The van der Waals surface area contributed by atoms with E-state index in [-0.39, 0.29) is 5.38 Å². The van der Waals surface area contributed by atoms with Gasteiger partial charge in [-0.3, -0.25) is 4.98 Å². The molecule has 0 saturated carbocycles. The molecular weight excluding hydrogens is 381 g/mol. The van der Waals surface area contributed by atoms with Crippen LogP contribution in [0.25, 0.3) is 10.9 Å². The van der Waals surface area contributed by atoms with Crippen LogP contribution in [0.2, 0.25) is 0 Å². The predicted molar refractivity (Wildman–Crippen MR) is 93.2 cm³/mol. The van der Waals surface area contributed by atoms with E-state index in [1.807, 2.05) is 30.3 Å². The van der Waals surface area contributed by atoms with Crippen molar-refractivity contribution in [2.45, 2.75) is 11.8 Å². The molecule has 0 aliphatic heterocycles. The molecule has 3 aromatic rings. The van der Waals surface area contributed by atoms with Crippen LogP contribution in [0.1, 0.15) is 16.6 Å². The fourth-order valence-corrected chi connectivity index (χ4v) is 3.54. The maximum atomic E-state index is 6.55. The third-order valence-corrected chi connectivity index (χ3v) is 4.66. The van der Waals surface area contributed by atoms with Gasteiger partial charge in [-0.25, -0.2) is 0 Å². The number of nitrogens with zero attached hydrogens (tertiary/aromatic N) is 1. The van der Waals surface area contributed by atoms with Crippen molar-refractivity contribution in [1.82, 2.24) is 4.98 Å². The van der Waals surface area contributed by atoms with Crippen LogP contribution >= 0.6 is 34.2 Å². The molecule has 0 fully saturated rings. The van der Waals surface area contributed by atoms with Crippen molar-refractivity contribution >= 4 is 45.1 Å². The Balaban J connectivity index is 1.87. The maximum absolute atomic E-state index is 6.55. The van der Waals surface area contributed by atoms with Gasteiger partial charge in [-0.15, -0.1) is 11.6 Å². The number of hydrogen-bond acceptors (Lipinski definition) is 1. The molecule has 20 heavy (non-hydrogen) atoms. The lowest BCUT2D eigenvalue weighted by Gasteiger charge is -2.11. The average molecular weight is 394 g/mol. The molecule has 0 N–H and O–H groups in total. The molecule has 0 spiro atoms. The van der Waals surface area contributed by atoms with Crippen LogP contribution < -0.4 is 0 Å². The van der Waals surface area contributed by atoms with Crippen LogP contribution in [-0.2, 0) is 6.42 Å². The monoisotopic (exact) mass is 393 g/mol. The quantitative estimate of drug-likeness (QED) is 0.431. The summed E-state index contributed by atoms with van der Waals surface area (Å²) in [6, 6.07) is 20.5. The van der Waals surface area contributed by atoms with E-state index in [0.29, 0.717) is 0 Å². The molecule has 0 bridgehead atoms.